The van der Waals surface area contributed by atoms with Crippen LogP contribution in [0.3, 0.4) is 0 Å². The third kappa shape index (κ3) is 3.03. The van der Waals surface area contributed by atoms with E-state index in [1.165, 1.54) is 25.7 Å². The molecule has 0 saturated heterocycles. The molecule has 0 aliphatic heterocycles. The van der Waals surface area contributed by atoms with Crippen molar-refractivity contribution in [1.82, 2.24) is 9.97 Å². The quantitative estimate of drug-likeness (QED) is 0.871. The third-order valence-electron chi connectivity index (χ3n) is 3.58. The van der Waals surface area contributed by atoms with Crippen LogP contribution < -0.4 is 14.8 Å². The van der Waals surface area contributed by atoms with Gasteiger partial charge in [0.15, 0.2) is 0 Å². The lowest BCUT2D eigenvalue weighted by molar-refractivity contribution is 0.357. The molecule has 1 aromatic heterocycles. The van der Waals surface area contributed by atoms with Gasteiger partial charge in [0, 0.05) is 6.54 Å². The lowest BCUT2D eigenvalue weighted by atomic mass is 9.89. The summed E-state index contributed by atoms with van der Waals surface area (Å²) < 4.78 is 10.2. The van der Waals surface area contributed by atoms with Crippen LogP contribution in [-0.4, -0.2) is 30.7 Å². The van der Waals surface area contributed by atoms with Crippen LogP contribution >= 0.6 is 0 Å². The van der Waals surface area contributed by atoms with E-state index in [1.54, 1.807) is 20.3 Å². The van der Waals surface area contributed by atoms with Crippen LogP contribution in [0.25, 0.3) is 0 Å². The van der Waals surface area contributed by atoms with Crippen molar-refractivity contribution in [3.63, 3.8) is 0 Å². The lowest BCUT2D eigenvalue weighted by Gasteiger charge is -2.23. The monoisotopic (exact) mass is 251 g/mol. The second kappa shape index (κ2) is 5.42. The summed E-state index contributed by atoms with van der Waals surface area (Å²) in [6.07, 6.45) is 5.17. The maximum absolute atomic E-state index is 5.12. The largest absolute Gasteiger partial charge is 0.481 e. The summed E-state index contributed by atoms with van der Waals surface area (Å²) in [5, 5.41) is 3.29. The van der Waals surface area contributed by atoms with Crippen molar-refractivity contribution in [1.29, 1.82) is 0 Å². The Morgan fingerprint density at radius 2 is 1.72 bits per heavy atom. The SMILES string of the molecule is COc1cc(OC)nc(NCC2(C)CCCC2)n1. The molecule has 0 spiro atoms. The van der Waals surface area contributed by atoms with Gasteiger partial charge in [0.05, 0.1) is 20.3 Å². The number of hydrogen-bond acceptors (Lipinski definition) is 5. The highest BCUT2D eigenvalue weighted by atomic mass is 16.5. The summed E-state index contributed by atoms with van der Waals surface area (Å²) in [6, 6.07) is 1.67. The van der Waals surface area contributed by atoms with Crippen molar-refractivity contribution >= 4 is 5.95 Å². The molecule has 1 aliphatic carbocycles. The zero-order valence-electron chi connectivity index (χ0n) is 11.3. The summed E-state index contributed by atoms with van der Waals surface area (Å²) in [4.78, 5) is 8.53. The fourth-order valence-corrected chi connectivity index (χ4v) is 2.39. The maximum Gasteiger partial charge on any atom is 0.229 e. The molecule has 5 nitrogen and oxygen atoms in total. The predicted octanol–water partition coefficient (Wildman–Crippen LogP) is 2.49. The summed E-state index contributed by atoms with van der Waals surface area (Å²) >= 11 is 0. The van der Waals surface area contributed by atoms with Crippen molar-refractivity contribution in [2.45, 2.75) is 32.6 Å². The minimum absolute atomic E-state index is 0.361. The van der Waals surface area contributed by atoms with E-state index in [2.05, 4.69) is 22.2 Å². The second-order valence-electron chi connectivity index (χ2n) is 5.15. The number of ether oxygens (including phenoxy) is 2. The standard InChI is InChI=1S/C13H21N3O2/c1-13(6-4-5-7-13)9-14-12-15-10(17-2)8-11(16-12)18-3/h8H,4-7,9H2,1-3H3,(H,14,15,16). The highest BCUT2D eigenvalue weighted by Crippen LogP contribution is 2.37. The number of rotatable bonds is 5. The van der Waals surface area contributed by atoms with Crippen molar-refractivity contribution < 1.29 is 9.47 Å². The smallest absolute Gasteiger partial charge is 0.229 e. The molecule has 1 saturated carbocycles. The molecular weight excluding hydrogens is 230 g/mol. The Morgan fingerprint density at radius 1 is 1.17 bits per heavy atom. The number of hydrogen-bond donors (Lipinski definition) is 1. The van der Waals surface area contributed by atoms with Gasteiger partial charge in [-0.3, -0.25) is 0 Å². The van der Waals surface area contributed by atoms with Crippen molar-refractivity contribution in [2.75, 3.05) is 26.1 Å². The van der Waals surface area contributed by atoms with Gasteiger partial charge in [-0.1, -0.05) is 19.8 Å². The van der Waals surface area contributed by atoms with Gasteiger partial charge >= 0.3 is 0 Å². The van der Waals surface area contributed by atoms with E-state index in [0.29, 0.717) is 23.1 Å². The molecule has 0 aromatic carbocycles. The number of anilines is 1. The Hall–Kier alpha value is -1.52. The normalized spacial score (nSPS) is 17.5. The minimum Gasteiger partial charge on any atom is -0.481 e. The fraction of sp³-hybridized carbons (Fsp3) is 0.692. The summed E-state index contributed by atoms with van der Waals surface area (Å²) in [7, 11) is 3.17. The Labute approximate surface area is 108 Å². The number of nitrogens with one attached hydrogen (secondary N) is 1. The van der Waals surface area contributed by atoms with Gasteiger partial charge in [0.1, 0.15) is 0 Å². The topological polar surface area (TPSA) is 56.3 Å². The fourth-order valence-electron chi connectivity index (χ4n) is 2.39. The zero-order chi connectivity index (χ0) is 13.0. The van der Waals surface area contributed by atoms with Crippen LogP contribution in [-0.2, 0) is 0 Å². The van der Waals surface area contributed by atoms with Gasteiger partial charge in [0.25, 0.3) is 0 Å². The van der Waals surface area contributed by atoms with Crippen molar-refractivity contribution in [3.8, 4) is 11.8 Å². The van der Waals surface area contributed by atoms with Gasteiger partial charge in [0.2, 0.25) is 17.7 Å². The maximum atomic E-state index is 5.12. The molecular formula is C13H21N3O2. The van der Waals surface area contributed by atoms with E-state index in [9.17, 15) is 0 Å². The predicted molar refractivity (Wildman–Crippen MR) is 70.2 cm³/mol. The second-order valence-corrected chi connectivity index (χ2v) is 5.15. The van der Waals surface area contributed by atoms with E-state index in [0.717, 1.165) is 6.54 Å². The molecule has 1 N–H and O–H groups in total. The van der Waals surface area contributed by atoms with Crippen LogP contribution in [0.4, 0.5) is 5.95 Å². The number of aromatic nitrogens is 2. The first-order valence-electron chi connectivity index (χ1n) is 6.36. The Morgan fingerprint density at radius 3 is 2.22 bits per heavy atom. The van der Waals surface area contributed by atoms with Gasteiger partial charge < -0.3 is 14.8 Å². The lowest BCUT2D eigenvalue weighted by Crippen LogP contribution is -2.23. The van der Waals surface area contributed by atoms with Crippen LogP contribution in [0.2, 0.25) is 0 Å². The Bertz CT molecular complexity index is 381. The molecule has 0 bridgehead atoms. The molecule has 18 heavy (non-hydrogen) atoms. The number of methoxy groups -OCH3 is 2. The molecule has 100 valence electrons. The first-order valence-corrected chi connectivity index (χ1v) is 6.36. The molecule has 0 amide bonds. The zero-order valence-corrected chi connectivity index (χ0v) is 11.3. The summed E-state index contributed by atoms with van der Waals surface area (Å²) in [5.41, 5.74) is 0.361. The average Bonchev–Trinajstić information content (AvgIpc) is 2.83. The van der Waals surface area contributed by atoms with E-state index in [4.69, 9.17) is 9.47 Å². The highest BCUT2D eigenvalue weighted by molar-refractivity contribution is 5.33. The Balaban J connectivity index is 2.04. The van der Waals surface area contributed by atoms with E-state index >= 15 is 0 Å². The molecule has 0 unspecified atom stereocenters. The third-order valence-corrected chi connectivity index (χ3v) is 3.58. The van der Waals surface area contributed by atoms with Crippen molar-refractivity contribution in [3.05, 3.63) is 6.07 Å². The van der Waals surface area contributed by atoms with Gasteiger partial charge in [-0.25, -0.2) is 0 Å². The molecule has 0 atom stereocenters. The minimum atomic E-state index is 0.361. The van der Waals surface area contributed by atoms with Gasteiger partial charge in [-0.2, -0.15) is 9.97 Å². The molecule has 1 heterocycles. The molecule has 5 heteroatoms. The van der Waals surface area contributed by atoms with E-state index < -0.39 is 0 Å². The molecule has 2 rings (SSSR count). The molecule has 1 aliphatic rings. The summed E-state index contributed by atoms with van der Waals surface area (Å²) in [5.74, 6) is 1.60. The van der Waals surface area contributed by atoms with Gasteiger partial charge in [-0.15, -0.1) is 0 Å². The van der Waals surface area contributed by atoms with E-state index in [-0.39, 0.29) is 0 Å². The van der Waals surface area contributed by atoms with Crippen LogP contribution in [0.1, 0.15) is 32.6 Å². The Kier molecular flexibility index (Phi) is 3.89. The van der Waals surface area contributed by atoms with Crippen LogP contribution in [0.15, 0.2) is 6.07 Å². The van der Waals surface area contributed by atoms with E-state index in [1.807, 2.05) is 0 Å². The van der Waals surface area contributed by atoms with Crippen molar-refractivity contribution in [2.24, 2.45) is 5.41 Å². The van der Waals surface area contributed by atoms with Crippen LogP contribution in [0, 0.1) is 5.41 Å². The molecule has 0 radical (unpaired) electrons. The molecule has 1 fully saturated rings. The van der Waals surface area contributed by atoms with Crippen LogP contribution in [0.5, 0.6) is 11.8 Å². The van der Waals surface area contributed by atoms with Gasteiger partial charge in [-0.05, 0) is 18.3 Å². The molecule has 1 aromatic rings. The number of nitrogens with zero attached hydrogens (tertiary/aromatic N) is 2. The summed E-state index contributed by atoms with van der Waals surface area (Å²) in [6.45, 7) is 3.20. The average molecular weight is 251 g/mol. The highest BCUT2D eigenvalue weighted by Gasteiger charge is 2.28. The first-order chi connectivity index (χ1) is 8.65. The first kappa shape index (κ1) is 12.9.